The molecule has 1 aliphatic rings. The highest BCUT2D eigenvalue weighted by atomic mass is 16.5. The van der Waals surface area contributed by atoms with E-state index in [0.717, 1.165) is 12.8 Å². The van der Waals surface area contributed by atoms with Crippen molar-refractivity contribution in [3.63, 3.8) is 0 Å². The summed E-state index contributed by atoms with van der Waals surface area (Å²) in [4.78, 5) is 39.6. The summed E-state index contributed by atoms with van der Waals surface area (Å²) in [6, 6.07) is 12.9. The van der Waals surface area contributed by atoms with Crippen molar-refractivity contribution in [2.45, 2.75) is 12.8 Å². The molecular weight excluding hydrogens is 318 g/mol. The summed E-state index contributed by atoms with van der Waals surface area (Å²) in [5, 5.41) is 0. The number of ketones is 2. The topological polar surface area (TPSA) is 63.7 Å². The van der Waals surface area contributed by atoms with Crippen LogP contribution in [0.4, 0.5) is 0 Å². The molecule has 1 fully saturated rings. The molecule has 0 saturated carbocycles. The molecule has 2 aromatic carbocycles. The molecule has 1 heterocycles. The third-order valence-electron chi connectivity index (χ3n) is 4.35. The molecular formula is C20H19NO4. The monoisotopic (exact) mass is 337 g/mol. The Morgan fingerprint density at radius 1 is 0.840 bits per heavy atom. The molecule has 0 N–H and O–H groups in total. The van der Waals surface area contributed by atoms with Gasteiger partial charge in [-0.15, -0.1) is 0 Å². The number of rotatable bonds is 5. The van der Waals surface area contributed by atoms with Crippen molar-refractivity contribution in [3.8, 4) is 5.75 Å². The Balaban J connectivity index is 1.88. The number of methoxy groups -OCH3 is 1. The number of carbonyl (C=O) groups is 3. The van der Waals surface area contributed by atoms with Crippen molar-refractivity contribution < 1.29 is 19.1 Å². The van der Waals surface area contributed by atoms with Crippen LogP contribution in [-0.2, 0) is 0 Å². The van der Waals surface area contributed by atoms with E-state index < -0.39 is 11.6 Å². The van der Waals surface area contributed by atoms with E-state index in [-0.39, 0.29) is 22.6 Å². The first-order chi connectivity index (χ1) is 12.1. The summed E-state index contributed by atoms with van der Waals surface area (Å²) in [6.45, 7) is 1.38. The predicted octanol–water partition coefficient (Wildman–Crippen LogP) is 3.00. The van der Waals surface area contributed by atoms with Crippen LogP contribution in [0.15, 0.2) is 48.5 Å². The summed E-state index contributed by atoms with van der Waals surface area (Å²) in [7, 11) is 1.53. The predicted molar refractivity (Wildman–Crippen MR) is 93.2 cm³/mol. The molecule has 0 bridgehead atoms. The zero-order valence-electron chi connectivity index (χ0n) is 14.0. The largest absolute Gasteiger partial charge is 0.497 e. The molecule has 1 amide bonds. The van der Waals surface area contributed by atoms with E-state index in [4.69, 9.17) is 4.74 Å². The number of amides is 1. The van der Waals surface area contributed by atoms with Gasteiger partial charge in [-0.3, -0.25) is 14.4 Å². The second kappa shape index (κ2) is 7.30. The van der Waals surface area contributed by atoms with Crippen molar-refractivity contribution in [3.05, 3.63) is 65.2 Å². The quantitative estimate of drug-likeness (QED) is 0.621. The van der Waals surface area contributed by atoms with Gasteiger partial charge in [-0.1, -0.05) is 18.2 Å². The van der Waals surface area contributed by atoms with Crippen molar-refractivity contribution in [2.24, 2.45) is 0 Å². The summed E-state index contributed by atoms with van der Waals surface area (Å²) in [6.07, 6.45) is 1.93. The Morgan fingerprint density at radius 2 is 1.44 bits per heavy atom. The number of hydrogen-bond donors (Lipinski definition) is 0. The van der Waals surface area contributed by atoms with Crippen LogP contribution in [-0.4, -0.2) is 42.6 Å². The van der Waals surface area contributed by atoms with Crippen LogP contribution >= 0.6 is 0 Å². The number of nitrogens with zero attached hydrogens (tertiary/aromatic N) is 1. The fourth-order valence-corrected chi connectivity index (χ4v) is 2.95. The van der Waals surface area contributed by atoms with Crippen molar-refractivity contribution in [2.75, 3.05) is 20.2 Å². The number of benzene rings is 2. The van der Waals surface area contributed by atoms with E-state index >= 15 is 0 Å². The van der Waals surface area contributed by atoms with Gasteiger partial charge >= 0.3 is 0 Å². The van der Waals surface area contributed by atoms with Gasteiger partial charge in [0.2, 0.25) is 11.6 Å². The fourth-order valence-electron chi connectivity index (χ4n) is 2.95. The third kappa shape index (κ3) is 3.45. The van der Waals surface area contributed by atoms with E-state index in [1.807, 2.05) is 0 Å². The molecule has 0 aliphatic carbocycles. The first-order valence-electron chi connectivity index (χ1n) is 8.23. The maximum atomic E-state index is 12.7. The lowest BCUT2D eigenvalue weighted by atomic mass is 9.96. The minimum Gasteiger partial charge on any atom is -0.497 e. The maximum Gasteiger partial charge on any atom is 0.254 e. The minimum absolute atomic E-state index is 0.153. The summed E-state index contributed by atoms with van der Waals surface area (Å²) >= 11 is 0. The maximum absolute atomic E-state index is 12.7. The molecule has 1 saturated heterocycles. The van der Waals surface area contributed by atoms with Crippen LogP contribution in [0, 0.1) is 0 Å². The number of ether oxygens (including phenoxy) is 1. The normalized spacial score (nSPS) is 13.6. The molecule has 25 heavy (non-hydrogen) atoms. The summed E-state index contributed by atoms with van der Waals surface area (Å²) in [5.74, 6) is -0.893. The first-order valence-corrected chi connectivity index (χ1v) is 8.23. The molecule has 2 aromatic rings. The molecule has 5 heteroatoms. The molecule has 0 atom stereocenters. The highest BCUT2D eigenvalue weighted by molar-refractivity contribution is 6.50. The van der Waals surface area contributed by atoms with Gasteiger partial charge in [-0.05, 0) is 43.2 Å². The number of likely N-dealkylation sites (tertiary alicyclic amines) is 1. The number of Topliss-reactive ketones (excluding diaryl/α,β-unsaturated/α-hetero) is 2. The Labute approximate surface area is 146 Å². The van der Waals surface area contributed by atoms with Crippen LogP contribution in [0.2, 0.25) is 0 Å². The minimum atomic E-state index is -0.673. The smallest absolute Gasteiger partial charge is 0.254 e. The van der Waals surface area contributed by atoms with Crippen LogP contribution in [0.1, 0.15) is 43.9 Å². The van der Waals surface area contributed by atoms with Gasteiger partial charge in [0.25, 0.3) is 5.91 Å². The molecule has 0 spiro atoms. The Kier molecular flexibility index (Phi) is 4.93. The molecule has 3 rings (SSSR count). The number of carbonyl (C=O) groups excluding carboxylic acids is 3. The second-order valence-corrected chi connectivity index (χ2v) is 5.93. The Hall–Kier alpha value is -2.95. The van der Waals surface area contributed by atoms with E-state index in [9.17, 15) is 14.4 Å². The molecule has 128 valence electrons. The molecule has 0 unspecified atom stereocenters. The summed E-state index contributed by atoms with van der Waals surface area (Å²) in [5.41, 5.74) is 0.714. The lowest BCUT2D eigenvalue weighted by Gasteiger charge is -2.17. The lowest BCUT2D eigenvalue weighted by Crippen LogP contribution is -2.30. The number of hydrogen-bond acceptors (Lipinski definition) is 4. The van der Waals surface area contributed by atoms with Crippen molar-refractivity contribution in [1.29, 1.82) is 0 Å². The first kappa shape index (κ1) is 16.9. The molecule has 1 aliphatic heterocycles. The van der Waals surface area contributed by atoms with Gasteiger partial charge in [0, 0.05) is 24.2 Å². The van der Waals surface area contributed by atoms with Gasteiger partial charge in [-0.25, -0.2) is 0 Å². The molecule has 0 aromatic heterocycles. The highest BCUT2D eigenvalue weighted by Gasteiger charge is 2.27. The standard InChI is InChI=1S/C20H19NO4/c1-25-15-10-8-14(9-11-15)18(22)19(23)16-6-2-3-7-17(16)20(24)21-12-4-5-13-21/h2-3,6-11H,4-5,12-13H2,1H3. The molecule has 0 radical (unpaired) electrons. The van der Waals surface area contributed by atoms with Crippen LogP contribution in [0.3, 0.4) is 0 Å². The fraction of sp³-hybridized carbons (Fsp3) is 0.250. The average Bonchev–Trinajstić information content (AvgIpc) is 3.21. The van der Waals surface area contributed by atoms with Crippen LogP contribution in [0.25, 0.3) is 0 Å². The zero-order chi connectivity index (χ0) is 17.8. The third-order valence-corrected chi connectivity index (χ3v) is 4.35. The Bertz CT molecular complexity index is 805. The van der Waals surface area contributed by atoms with Crippen molar-refractivity contribution >= 4 is 17.5 Å². The summed E-state index contributed by atoms with van der Waals surface area (Å²) < 4.78 is 5.06. The second-order valence-electron chi connectivity index (χ2n) is 5.93. The van der Waals surface area contributed by atoms with Crippen LogP contribution < -0.4 is 4.74 Å². The van der Waals surface area contributed by atoms with Gasteiger partial charge in [0.15, 0.2) is 0 Å². The average molecular weight is 337 g/mol. The van der Waals surface area contributed by atoms with Crippen molar-refractivity contribution in [1.82, 2.24) is 4.90 Å². The highest BCUT2D eigenvalue weighted by Crippen LogP contribution is 2.19. The Morgan fingerprint density at radius 3 is 2.04 bits per heavy atom. The van der Waals surface area contributed by atoms with Crippen LogP contribution in [0.5, 0.6) is 5.75 Å². The zero-order valence-corrected chi connectivity index (χ0v) is 14.0. The van der Waals surface area contributed by atoms with E-state index in [1.54, 1.807) is 47.4 Å². The molecule has 5 nitrogen and oxygen atoms in total. The SMILES string of the molecule is COc1ccc(C(=O)C(=O)c2ccccc2C(=O)N2CCCC2)cc1. The van der Waals surface area contributed by atoms with E-state index in [2.05, 4.69) is 0 Å². The lowest BCUT2D eigenvalue weighted by molar-refractivity contribution is 0.0779. The van der Waals surface area contributed by atoms with Gasteiger partial charge in [-0.2, -0.15) is 0 Å². The van der Waals surface area contributed by atoms with Gasteiger partial charge < -0.3 is 9.64 Å². The van der Waals surface area contributed by atoms with Gasteiger partial charge in [0.1, 0.15) is 5.75 Å². The van der Waals surface area contributed by atoms with E-state index in [0.29, 0.717) is 18.8 Å². The van der Waals surface area contributed by atoms with Gasteiger partial charge in [0.05, 0.1) is 12.7 Å². The van der Waals surface area contributed by atoms with E-state index in [1.165, 1.54) is 13.2 Å².